The van der Waals surface area contributed by atoms with Gasteiger partial charge in [0.05, 0.1) is 11.4 Å². The Labute approximate surface area is 112 Å². The van der Waals surface area contributed by atoms with E-state index >= 15 is 0 Å². The molecule has 1 aromatic rings. The number of para-hydroxylation sites is 2. The van der Waals surface area contributed by atoms with E-state index in [1.54, 1.807) is 6.92 Å². The molecule has 3 rings (SSSR count). The molecule has 0 aromatic heterocycles. The number of imide groups is 1. The summed E-state index contributed by atoms with van der Waals surface area (Å²) in [5.41, 5.74) is 1.66. The molecule has 2 saturated heterocycles. The molecule has 1 atom stereocenters. The van der Waals surface area contributed by atoms with E-state index in [1.165, 1.54) is 4.90 Å². The number of nitrogens with zero attached hydrogens (tertiary/aromatic N) is 2. The Morgan fingerprint density at radius 2 is 1.74 bits per heavy atom. The summed E-state index contributed by atoms with van der Waals surface area (Å²) >= 11 is 0. The summed E-state index contributed by atoms with van der Waals surface area (Å²) in [5, 5.41) is 2.65. The first kappa shape index (κ1) is 12.0. The van der Waals surface area contributed by atoms with Gasteiger partial charge < -0.3 is 10.2 Å². The quantitative estimate of drug-likeness (QED) is 0.823. The molecule has 1 N–H and O–H groups in total. The van der Waals surface area contributed by atoms with Gasteiger partial charge in [-0.05, 0) is 31.9 Å². The van der Waals surface area contributed by atoms with E-state index in [4.69, 9.17) is 0 Å². The van der Waals surface area contributed by atoms with Crippen molar-refractivity contribution < 1.29 is 9.59 Å². The van der Waals surface area contributed by atoms with Crippen LogP contribution in [0.2, 0.25) is 0 Å². The van der Waals surface area contributed by atoms with Crippen molar-refractivity contribution >= 4 is 23.3 Å². The highest BCUT2D eigenvalue weighted by Crippen LogP contribution is 2.33. The van der Waals surface area contributed by atoms with Gasteiger partial charge >= 0.3 is 6.03 Å². The van der Waals surface area contributed by atoms with E-state index in [-0.39, 0.29) is 11.9 Å². The molecular weight excluding hydrogens is 242 g/mol. The molecule has 5 heteroatoms. The Bertz CT molecular complexity index is 523. The average molecular weight is 259 g/mol. The summed E-state index contributed by atoms with van der Waals surface area (Å²) in [4.78, 5) is 27.5. The molecule has 5 nitrogen and oxygen atoms in total. The van der Waals surface area contributed by atoms with Crippen LogP contribution in [0.1, 0.15) is 19.8 Å². The second-order valence-electron chi connectivity index (χ2n) is 5.03. The number of amides is 3. The van der Waals surface area contributed by atoms with Gasteiger partial charge in [-0.2, -0.15) is 0 Å². The Morgan fingerprint density at radius 3 is 2.32 bits per heavy atom. The summed E-state index contributed by atoms with van der Waals surface area (Å²) in [6.07, 6.45) is 2.32. The Balaban J connectivity index is 2.00. The van der Waals surface area contributed by atoms with Crippen LogP contribution in [0.3, 0.4) is 0 Å². The van der Waals surface area contributed by atoms with Gasteiger partial charge in [0.15, 0.2) is 0 Å². The number of carbonyl (C=O) groups excluding carboxylic acids is 2. The number of hydrogen-bond acceptors (Lipinski definition) is 3. The van der Waals surface area contributed by atoms with E-state index < -0.39 is 6.04 Å². The number of urea groups is 1. The minimum absolute atomic E-state index is 0.184. The third-order valence-corrected chi connectivity index (χ3v) is 3.70. The zero-order valence-corrected chi connectivity index (χ0v) is 10.9. The van der Waals surface area contributed by atoms with Crippen molar-refractivity contribution in [3.8, 4) is 0 Å². The van der Waals surface area contributed by atoms with Gasteiger partial charge in [-0.3, -0.25) is 4.79 Å². The van der Waals surface area contributed by atoms with Gasteiger partial charge in [0, 0.05) is 13.1 Å². The van der Waals surface area contributed by atoms with Crippen molar-refractivity contribution in [2.75, 3.05) is 22.9 Å². The molecule has 2 fully saturated rings. The Hall–Kier alpha value is -2.04. The van der Waals surface area contributed by atoms with Crippen molar-refractivity contribution in [3.63, 3.8) is 0 Å². The summed E-state index contributed by atoms with van der Waals surface area (Å²) in [6.45, 7) is 3.67. The fraction of sp³-hybridized carbons (Fsp3) is 0.429. The van der Waals surface area contributed by atoms with E-state index in [1.807, 2.05) is 24.3 Å². The number of anilines is 2. The van der Waals surface area contributed by atoms with Crippen LogP contribution in [-0.4, -0.2) is 31.1 Å². The van der Waals surface area contributed by atoms with Crippen molar-refractivity contribution in [1.29, 1.82) is 0 Å². The van der Waals surface area contributed by atoms with Gasteiger partial charge in [-0.25, -0.2) is 9.69 Å². The number of rotatable bonds is 2. The Kier molecular flexibility index (Phi) is 2.89. The topological polar surface area (TPSA) is 52.7 Å². The van der Waals surface area contributed by atoms with Crippen LogP contribution in [0.15, 0.2) is 24.3 Å². The second-order valence-corrected chi connectivity index (χ2v) is 5.03. The zero-order valence-electron chi connectivity index (χ0n) is 10.9. The predicted octanol–water partition coefficient (Wildman–Crippen LogP) is 1.73. The lowest BCUT2D eigenvalue weighted by atomic mass is 10.2. The van der Waals surface area contributed by atoms with Crippen molar-refractivity contribution in [2.24, 2.45) is 0 Å². The van der Waals surface area contributed by atoms with Gasteiger partial charge in [0.1, 0.15) is 6.04 Å². The lowest BCUT2D eigenvalue weighted by molar-refractivity contribution is -0.117. The Morgan fingerprint density at radius 1 is 1.11 bits per heavy atom. The van der Waals surface area contributed by atoms with Gasteiger partial charge in [0.25, 0.3) is 5.91 Å². The molecule has 0 aliphatic carbocycles. The van der Waals surface area contributed by atoms with Crippen LogP contribution in [0, 0.1) is 0 Å². The summed E-state index contributed by atoms with van der Waals surface area (Å²) < 4.78 is 0. The average Bonchev–Trinajstić information content (AvgIpc) is 3.00. The molecule has 19 heavy (non-hydrogen) atoms. The lowest BCUT2D eigenvalue weighted by Crippen LogP contribution is -2.33. The molecule has 0 saturated carbocycles. The SMILES string of the molecule is CC1NC(=O)N(c2ccccc2N2CCCC2)C1=O. The van der Waals surface area contributed by atoms with E-state index in [0.29, 0.717) is 5.69 Å². The molecule has 2 aliphatic heterocycles. The lowest BCUT2D eigenvalue weighted by Gasteiger charge is -2.24. The highest BCUT2D eigenvalue weighted by Gasteiger charge is 2.37. The highest BCUT2D eigenvalue weighted by atomic mass is 16.2. The molecule has 0 bridgehead atoms. The van der Waals surface area contributed by atoms with Crippen molar-refractivity contribution in [2.45, 2.75) is 25.8 Å². The fourth-order valence-electron chi connectivity index (χ4n) is 2.71. The van der Waals surface area contributed by atoms with Crippen molar-refractivity contribution in [3.05, 3.63) is 24.3 Å². The number of carbonyl (C=O) groups is 2. The summed E-state index contributed by atoms with van der Waals surface area (Å²) in [7, 11) is 0. The van der Waals surface area contributed by atoms with Crippen LogP contribution in [-0.2, 0) is 4.79 Å². The van der Waals surface area contributed by atoms with Gasteiger partial charge in [-0.15, -0.1) is 0 Å². The van der Waals surface area contributed by atoms with Crippen LogP contribution in [0.25, 0.3) is 0 Å². The second kappa shape index (κ2) is 4.57. The molecule has 1 aromatic carbocycles. The molecule has 0 radical (unpaired) electrons. The molecule has 0 spiro atoms. The van der Waals surface area contributed by atoms with Crippen LogP contribution in [0.4, 0.5) is 16.2 Å². The van der Waals surface area contributed by atoms with Gasteiger partial charge in [0.2, 0.25) is 0 Å². The van der Waals surface area contributed by atoms with E-state index in [0.717, 1.165) is 31.6 Å². The predicted molar refractivity (Wildman–Crippen MR) is 73.4 cm³/mol. The van der Waals surface area contributed by atoms with Crippen LogP contribution in [0.5, 0.6) is 0 Å². The third kappa shape index (κ3) is 1.95. The zero-order chi connectivity index (χ0) is 13.4. The first-order chi connectivity index (χ1) is 9.18. The van der Waals surface area contributed by atoms with E-state index in [9.17, 15) is 9.59 Å². The molecule has 3 amide bonds. The smallest absolute Gasteiger partial charge is 0.329 e. The highest BCUT2D eigenvalue weighted by molar-refractivity contribution is 6.22. The molecular formula is C14H17N3O2. The normalized spacial score (nSPS) is 23.1. The number of benzene rings is 1. The standard InChI is InChI=1S/C14H17N3O2/c1-10-13(18)17(14(19)15-10)12-7-3-2-6-11(12)16-8-4-5-9-16/h2-3,6-7,10H,4-5,8-9H2,1H3,(H,15,19). The number of nitrogens with one attached hydrogen (secondary N) is 1. The van der Waals surface area contributed by atoms with Crippen LogP contribution >= 0.6 is 0 Å². The summed E-state index contributed by atoms with van der Waals surface area (Å²) in [5.74, 6) is -0.184. The minimum atomic E-state index is -0.445. The third-order valence-electron chi connectivity index (χ3n) is 3.70. The number of hydrogen-bond donors (Lipinski definition) is 1. The first-order valence-electron chi connectivity index (χ1n) is 6.67. The maximum Gasteiger partial charge on any atom is 0.329 e. The van der Waals surface area contributed by atoms with E-state index in [2.05, 4.69) is 10.2 Å². The van der Waals surface area contributed by atoms with Crippen LogP contribution < -0.4 is 15.1 Å². The first-order valence-corrected chi connectivity index (χ1v) is 6.67. The fourth-order valence-corrected chi connectivity index (χ4v) is 2.71. The summed E-state index contributed by atoms with van der Waals surface area (Å²) in [6, 6.07) is 6.84. The molecule has 2 aliphatic rings. The van der Waals surface area contributed by atoms with Crippen molar-refractivity contribution in [1.82, 2.24) is 5.32 Å². The van der Waals surface area contributed by atoms with Gasteiger partial charge in [-0.1, -0.05) is 12.1 Å². The monoisotopic (exact) mass is 259 g/mol. The largest absolute Gasteiger partial charge is 0.370 e. The maximum absolute atomic E-state index is 12.1. The minimum Gasteiger partial charge on any atom is -0.370 e. The molecule has 1 unspecified atom stereocenters. The molecule has 100 valence electrons. The maximum atomic E-state index is 12.1. The molecule has 2 heterocycles.